The van der Waals surface area contributed by atoms with E-state index in [-0.39, 0.29) is 29.1 Å². The maximum atomic E-state index is 13.3. The smallest absolute Gasteiger partial charge is 0.272 e. The molecule has 4 aromatic rings. The van der Waals surface area contributed by atoms with Crippen molar-refractivity contribution >= 4 is 26.8 Å². The van der Waals surface area contributed by atoms with Gasteiger partial charge in [-0.1, -0.05) is 42.5 Å². The first-order chi connectivity index (χ1) is 16.8. The highest BCUT2D eigenvalue weighted by molar-refractivity contribution is 7.91. The van der Waals surface area contributed by atoms with Gasteiger partial charge < -0.3 is 14.6 Å². The Kier molecular flexibility index (Phi) is 6.02. The van der Waals surface area contributed by atoms with E-state index in [0.717, 1.165) is 16.9 Å². The predicted molar refractivity (Wildman–Crippen MR) is 134 cm³/mol. The Bertz CT molecular complexity index is 1500. The maximum Gasteiger partial charge on any atom is 0.272 e. The molecule has 1 saturated heterocycles. The topological polar surface area (TPSA) is 103 Å². The van der Waals surface area contributed by atoms with Gasteiger partial charge in [0.05, 0.1) is 35.9 Å². The molecule has 5 rings (SSSR count). The van der Waals surface area contributed by atoms with E-state index < -0.39 is 9.84 Å². The Morgan fingerprint density at radius 2 is 1.86 bits per heavy atom. The molecular weight excluding hydrogens is 464 g/mol. The predicted octanol–water partition coefficient (Wildman–Crippen LogP) is 3.70. The van der Waals surface area contributed by atoms with E-state index in [1.807, 2.05) is 72.2 Å². The first kappa shape index (κ1) is 23.0. The number of aryl methyl sites for hydroxylation is 1. The molecule has 0 radical (unpaired) electrons. The number of fused-ring (bicyclic) bond motifs is 1. The zero-order valence-corrected chi connectivity index (χ0v) is 20.4. The zero-order valence-electron chi connectivity index (χ0n) is 19.6. The molecule has 0 spiro atoms. The highest BCUT2D eigenvalue weighted by Gasteiger charge is 2.32. The van der Waals surface area contributed by atoms with Crippen LogP contribution >= 0.6 is 0 Å². The minimum absolute atomic E-state index is 0.0707. The Balaban J connectivity index is 1.56. The van der Waals surface area contributed by atoms with E-state index in [4.69, 9.17) is 9.72 Å². The van der Waals surface area contributed by atoms with Gasteiger partial charge in [-0.3, -0.25) is 4.79 Å². The van der Waals surface area contributed by atoms with Crippen LogP contribution in [0.4, 0.5) is 0 Å². The molecule has 35 heavy (non-hydrogen) atoms. The second-order valence-corrected chi connectivity index (χ2v) is 10.9. The third kappa shape index (κ3) is 4.64. The van der Waals surface area contributed by atoms with Crippen LogP contribution in [-0.4, -0.2) is 47.5 Å². The molecule has 1 amide bonds. The van der Waals surface area contributed by atoms with Crippen LogP contribution < -0.4 is 10.1 Å². The second kappa shape index (κ2) is 9.14. The molecule has 0 saturated carbocycles. The number of hydrogen-bond acceptors (Lipinski definition) is 6. The molecule has 9 heteroatoms. The van der Waals surface area contributed by atoms with Gasteiger partial charge in [-0.05, 0) is 37.1 Å². The van der Waals surface area contributed by atoms with Gasteiger partial charge in [0.1, 0.15) is 17.1 Å². The average Bonchev–Trinajstić information content (AvgIpc) is 3.40. The summed E-state index contributed by atoms with van der Waals surface area (Å²) in [5, 5.41) is 2.95. The molecule has 1 fully saturated rings. The second-order valence-electron chi connectivity index (χ2n) is 8.71. The van der Waals surface area contributed by atoms with Crippen molar-refractivity contribution in [2.24, 2.45) is 0 Å². The van der Waals surface area contributed by atoms with E-state index >= 15 is 0 Å². The Hall–Kier alpha value is -3.72. The van der Waals surface area contributed by atoms with Crippen molar-refractivity contribution < 1.29 is 17.9 Å². The van der Waals surface area contributed by atoms with E-state index in [2.05, 4.69) is 10.3 Å². The lowest BCUT2D eigenvalue weighted by Crippen LogP contribution is -2.24. The van der Waals surface area contributed by atoms with Crippen molar-refractivity contribution in [1.29, 1.82) is 0 Å². The third-order valence-electron chi connectivity index (χ3n) is 6.32. The Labute approximate surface area is 203 Å². The van der Waals surface area contributed by atoms with Crippen molar-refractivity contribution in [1.82, 2.24) is 19.9 Å². The summed E-state index contributed by atoms with van der Waals surface area (Å²) in [5.41, 5.74) is 3.83. The lowest BCUT2D eigenvalue weighted by Gasteiger charge is -2.15. The van der Waals surface area contributed by atoms with Crippen LogP contribution in [0, 0.1) is 6.92 Å². The average molecular weight is 491 g/mol. The van der Waals surface area contributed by atoms with Crippen molar-refractivity contribution in [3.63, 3.8) is 0 Å². The number of ether oxygens (including phenoxy) is 1. The molecule has 1 aliphatic heterocycles. The van der Waals surface area contributed by atoms with Crippen LogP contribution in [0.25, 0.3) is 22.3 Å². The Morgan fingerprint density at radius 1 is 1.11 bits per heavy atom. The maximum absolute atomic E-state index is 13.3. The summed E-state index contributed by atoms with van der Waals surface area (Å²) in [6.07, 6.45) is 0.524. The fraction of sp³-hybridized carbons (Fsp3) is 0.269. The van der Waals surface area contributed by atoms with E-state index in [1.165, 1.54) is 0 Å². The number of aromatic nitrogens is 3. The van der Waals surface area contributed by atoms with Crippen LogP contribution in [0.1, 0.15) is 34.3 Å². The van der Waals surface area contributed by atoms with Gasteiger partial charge in [-0.2, -0.15) is 0 Å². The molecular formula is C26H26N4O4S. The van der Waals surface area contributed by atoms with E-state index in [0.29, 0.717) is 35.5 Å². The quantitative estimate of drug-likeness (QED) is 0.442. The summed E-state index contributed by atoms with van der Waals surface area (Å²) >= 11 is 0. The fourth-order valence-corrected chi connectivity index (χ4v) is 6.27. The molecule has 2 aromatic heterocycles. The standard InChI is InChI=1S/C26H26N4O4S/c1-17-28-24-23(30(17)20-12-13-35(32,33)16-20)14-22(19-6-4-3-5-7-19)29-25(24)26(31)27-15-18-8-10-21(34-2)11-9-18/h3-11,14,20H,12-13,15-16H2,1-2H3,(H,27,31). The van der Waals surface area contributed by atoms with Crippen molar-refractivity contribution in [2.75, 3.05) is 18.6 Å². The molecule has 8 nitrogen and oxygen atoms in total. The van der Waals surface area contributed by atoms with Crippen LogP contribution in [-0.2, 0) is 16.4 Å². The normalized spacial score (nSPS) is 16.9. The summed E-state index contributed by atoms with van der Waals surface area (Å²) in [6, 6.07) is 18.8. The van der Waals surface area contributed by atoms with E-state index in [1.54, 1.807) is 7.11 Å². The lowest BCUT2D eigenvalue weighted by molar-refractivity contribution is 0.0947. The van der Waals surface area contributed by atoms with Crippen LogP contribution in [0.15, 0.2) is 60.7 Å². The molecule has 0 aliphatic carbocycles. The summed E-state index contributed by atoms with van der Waals surface area (Å²) in [7, 11) is -1.49. The third-order valence-corrected chi connectivity index (χ3v) is 8.08. The van der Waals surface area contributed by atoms with Crippen molar-refractivity contribution in [2.45, 2.75) is 25.9 Å². The van der Waals surface area contributed by atoms with Crippen molar-refractivity contribution in [3.8, 4) is 17.0 Å². The number of carbonyl (C=O) groups is 1. The van der Waals surface area contributed by atoms with Crippen LogP contribution in [0.2, 0.25) is 0 Å². The van der Waals surface area contributed by atoms with Gasteiger partial charge in [-0.25, -0.2) is 18.4 Å². The van der Waals surface area contributed by atoms with Gasteiger partial charge in [0.2, 0.25) is 0 Å². The number of nitrogens with one attached hydrogen (secondary N) is 1. The molecule has 1 N–H and O–H groups in total. The van der Waals surface area contributed by atoms with Crippen LogP contribution in [0.3, 0.4) is 0 Å². The number of amides is 1. The number of nitrogens with zero attached hydrogens (tertiary/aromatic N) is 3. The number of rotatable bonds is 6. The first-order valence-corrected chi connectivity index (χ1v) is 13.2. The van der Waals surface area contributed by atoms with Gasteiger partial charge in [0.15, 0.2) is 15.5 Å². The minimum Gasteiger partial charge on any atom is -0.497 e. The van der Waals surface area contributed by atoms with Gasteiger partial charge in [0, 0.05) is 12.1 Å². The molecule has 1 aliphatic rings. The monoisotopic (exact) mass is 490 g/mol. The largest absolute Gasteiger partial charge is 0.497 e. The van der Waals surface area contributed by atoms with Gasteiger partial charge >= 0.3 is 0 Å². The Morgan fingerprint density at radius 3 is 2.51 bits per heavy atom. The number of sulfone groups is 1. The number of benzene rings is 2. The fourth-order valence-electron chi connectivity index (χ4n) is 4.57. The zero-order chi connectivity index (χ0) is 24.6. The molecule has 2 aromatic carbocycles. The first-order valence-electron chi connectivity index (χ1n) is 11.4. The molecule has 180 valence electrons. The van der Waals surface area contributed by atoms with E-state index in [9.17, 15) is 13.2 Å². The summed E-state index contributed by atoms with van der Waals surface area (Å²) in [4.78, 5) is 22.7. The number of methoxy groups -OCH3 is 1. The minimum atomic E-state index is -3.09. The molecule has 3 heterocycles. The molecule has 0 bridgehead atoms. The number of pyridine rings is 1. The number of imidazole rings is 1. The van der Waals surface area contributed by atoms with Crippen molar-refractivity contribution in [3.05, 3.63) is 77.7 Å². The number of hydrogen-bond donors (Lipinski definition) is 1. The molecule has 1 atom stereocenters. The highest BCUT2D eigenvalue weighted by atomic mass is 32.2. The summed E-state index contributed by atoms with van der Waals surface area (Å²) < 4.78 is 31.5. The van der Waals surface area contributed by atoms with Crippen LogP contribution in [0.5, 0.6) is 5.75 Å². The van der Waals surface area contributed by atoms with Gasteiger partial charge in [-0.15, -0.1) is 0 Å². The highest BCUT2D eigenvalue weighted by Crippen LogP contribution is 2.32. The summed E-state index contributed by atoms with van der Waals surface area (Å²) in [6.45, 7) is 2.16. The van der Waals surface area contributed by atoms with Gasteiger partial charge in [0.25, 0.3) is 5.91 Å². The number of carbonyl (C=O) groups excluding carboxylic acids is 1. The lowest BCUT2D eigenvalue weighted by atomic mass is 10.1. The SMILES string of the molecule is COc1ccc(CNC(=O)c2nc(-c3ccccc3)cc3c2nc(C)n3C2CCS(=O)(=O)C2)cc1. The summed E-state index contributed by atoms with van der Waals surface area (Å²) in [5.74, 6) is 1.30. The molecule has 1 unspecified atom stereocenters.